The van der Waals surface area contributed by atoms with E-state index in [1.807, 2.05) is 0 Å². The minimum Gasteiger partial charge on any atom is -0.494 e. The van der Waals surface area contributed by atoms with Gasteiger partial charge in [-0.05, 0) is 18.2 Å². The van der Waals surface area contributed by atoms with Crippen LogP contribution in [0.4, 0.5) is 4.39 Å². The Kier molecular flexibility index (Phi) is 3.29. The molecule has 102 valence electrons. The third-order valence-corrected chi connectivity index (χ3v) is 3.54. The molecule has 0 aliphatic rings. The van der Waals surface area contributed by atoms with Gasteiger partial charge in [0.15, 0.2) is 16.6 Å². The van der Waals surface area contributed by atoms with Crippen molar-refractivity contribution in [2.75, 3.05) is 7.11 Å². The van der Waals surface area contributed by atoms with Crippen molar-refractivity contribution in [3.05, 3.63) is 30.1 Å². The van der Waals surface area contributed by atoms with Gasteiger partial charge in [-0.1, -0.05) is 0 Å². The third-order valence-electron chi connectivity index (χ3n) is 2.58. The van der Waals surface area contributed by atoms with Crippen LogP contribution in [-0.2, 0) is 17.1 Å². The summed E-state index contributed by atoms with van der Waals surface area (Å²) in [6.45, 7) is 0. The van der Waals surface area contributed by atoms with Gasteiger partial charge in [0.25, 0.3) is 10.0 Å². The normalized spacial score (nSPS) is 11.6. The van der Waals surface area contributed by atoms with Crippen molar-refractivity contribution in [3.8, 4) is 17.0 Å². The largest absolute Gasteiger partial charge is 0.494 e. The zero-order valence-electron chi connectivity index (χ0n) is 10.3. The van der Waals surface area contributed by atoms with E-state index in [1.54, 1.807) is 6.07 Å². The van der Waals surface area contributed by atoms with Gasteiger partial charge in [0, 0.05) is 18.7 Å². The predicted octanol–water partition coefficient (Wildman–Crippen LogP) is 0.882. The number of aromatic nitrogens is 2. The highest BCUT2D eigenvalue weighted by molar-refractivity contribution is 7.89. The Hall–Kier alpha value is -1.93. The lowest BCUT2D eigenvalue weighted by Crippen LogP contribution is -2.16. The molecule has 0 saturated carbocycles. The fourth-order valence-electron chi connectivity index (χ4n) is 1.68. The highest BCUT2D eigenvalue weighted by Crippen LogP contribution is 2.25. The van der Waals surface area contributed by atoms with Crippen LogP contribution >= 0.6 is 0 Å². The second kappa shape index (κ2) is 4.63. The number of aryl methyl sites for hydroxylation is 1. The van der Waals surface area contributed by atoms with Crippen molar-refractivity contribution in [2.45, 2.75) is 5.03 Å². The second-order valence-corrected chi connectivity index (χ2v) is 5.39. The van der Waals surface area contributed by atoms with E-state index in [9.17, 15) is 12.8 Å². The molecular formula is C11H12FN3O3S. The molecule has 0 unspecified atom stereocenters. The highest BCUT2D eigenvalue weighted by atomic mass is 32.2. The topological polar surface area (TPSA) is 87.2 Å². The first kappa shape index (κ1) is 13.5. The zero-order valence-corrected chi connectivity index (χ0v) is 11.1. The van der Waals surface area contributed by atoms with E-state index in [4.69, 9.17) is 9.88 Å². The molecule has 1 aromatic carbocycles. The number of benzene rings is 1. The van der Waals surface area contributed by atoms with Gasteiger partial charge in [0.2, 0.25) is 0 Å². The minimum atomic E-state index is -3.86. The van der Waals surface area contributed by atoms with Crippen LogP contribution in [0.1, 0.15) is 0 Å². The molecule has 0 amide bonds. The van der Waals surface area contributed by atoms with Crippen LogP contribution in [-0.4, -0.2) is 25.3 Å². The number of halogens is 1. The number of methoxy groups -OCH3 is 1. The Morgan fingerprint density at radius 1 is 1.37 bits per heavy atom. The van der Waals surface area contributed by atoms with Gasteiger partial charge in [-0.3, -0.25) is 4.68 Å². The maximum absolute atomic E-state index is 13.6. The first-order valence-corrected chi connectivity index (χ1v) is 6.78. The molecule has 0 saturated heterocycles. The lowest BCUT2D eigenvalue weighted by Gasteiger charge is -2.02. The van der Waals surface area contributed by atoms with E-state index < -0.39 is 15.8 Å². The summed E-state index contributed by atoms with van der Waals surface area (Å²) in [6.07, 6.45) is 0. The monoisotopic (exact) mass is 285 g/mol. The SMILES string of the molecule is COc1ccc(-c2cc(S(N)(=O)=O)n(C)n2)cc1F. The van der Waals surface area contributed by atoms with Crippen molar-refractivity contribution in [1.29, 1.82) is 0 Å². The van der Waals surface area contributed by atoms with Gasteiger partial charge in [-0.15, -0.1) is 0 Å². The van der Waals surface area contributed by atoms with E-state index in [0.29, 0.717) is 11.3 Å². The molecule has 19 heavy (non-hydrogen) atoms. The number of rotatable bonds is 3. The smallest absolute Gasteiger partial charge is 0.255 e. The number of hydrogen-bond acceptors (Lipinski definition) is 4. The first-order chi connectivity index (χ1) is 8.82. The summed E-state index contributed by atoms with van der Waals surface area (Å²) in [5, 5.41) is 8.90. The predicted molar refractivity (Wildman–Crippen MR) is 66.5 cm³/mol. The molecule has 0 bridgehead atoms. The molecule has 2 N–H and O–H groups in total. The molecule has 2 aromatic rings. The molecule has 2 rings (SSSR count). The second-order valence-electron chi connectivity index (χ2n) is 3.89. The van der Waals surface area contributed by atoms with Crippen LogP contribution in [0.3, 0.4) is 0 Å². The Morgan fingerprint density at radius 3 is 2.53 bits per heavy atom. The molecule has 0 aliphatic heterocycles. The lowest BCUT2D eigenvalue weighted by atomic mass is 10.1. The van der Waals surface area contributed by atoms with E-state index in [1.165, 1.54) is 32.4 Å². The zero-order chi connectivity index (χ0) is 14.2. The van der Waals surface area contributed by atoms with Gasteiger partial charge in [-0.2, -0.15) is 5.10 Å². The fraction of sp³-hybridized carbons (Fsp3) is 0.182. The molecule has 8 heteroatoms. The first-order valence-electron chi connectivity index (χ1n) is 5.23. The van der Waals surface area contributed by atoms with E-state index >= 15 is 0 Å². The summed E-state index contributed by atoms with van der Waals surface area (Å²) in [4.78, 5) is 0. The van der Waals surface area contributed by atoms with E-state index in [2.05, 4.69) is 5.10 Å². The Labute approximate surface area is 109 Å². The number of sulfonamides is 1. The van der Waals surface area contributed by atoms with Crippen molar-refractivity contribution < 1.29 is 17.5 Å². The van der Waals surface area contributed by atoms with Crippen LogP contribution in [0.5, 0.6) is 5.75 Å². The summed E-state index contributed by atoms with van der Waals surface area (Å²) < 4.78 is 42.1. The molecule has 0 atom stereocenters. The number of nitrogens with zero attached hydrogens (tertiary/aromatic N) is 2. The minimum absolute atomic E-state index is 0.103. The molecule has 0 radical (unpaired) electrons. The van der Waals surface area contributed by atoms with E-state index in [0.717, 1.165) is 4.68 Å². The van der Waals surface area contributed by atoms with Crippen LogP contribution < -0.4 is 9.88 Å². The Balaban J connectivity index is 2.52. The van der Waals surface area contributed by atoms with Crippen molar-refractivity contribution in [1.82, 2.24) is 9.78 Å². The highest BCUT2D eigenvalue weighted by Gasteiger charge is 2.17. The molecule has 1 aromatic heterocycles. The molecule has 1 heterocycles. The Morgan fingerprint density at radius 2 is 2.05 bits per heavy atom. The molecule has 0 fully saturated rings. The average molecular weight is 285 g/mol. The fourth-order valence-corrected chi connectivity index (χ4v) is 2.37. The molecule has 0 spiro atoms. The summed E-state index contributed by atoms with van der Waals surface area (Å²) in [7, 11) is -1.05. The van der Waals surface area contributed by atoms with Crippen LogP contribution in [0.25, 0.3) is 11.3 Å². The Bertz CT molecular complexity index is 725. The van der Waals surface area contributed by atoms with Gasteiger partial charge < -0.3 is 4.74 Å². The van der Waals surface area contributed by atoms with Crippen LogP contribution in [0.15, 0.2) is 29.3 Å². The number of hydrogen-bond donors (Lipinski definition) is 1. The quantitative estimate of drug-likeness (QED) is 0.907. The third kappa shape index (κ3) is 2.59. The summed E-state index contributed by atoms with van der Waals surface area (Å²) in [6, 6.07) is 5.53. The van der Waals surface area contributed by atoms with Crippen molar-refractivity contribution >= 4 is 10.0 Å². The average Bonchev–Trinajstić information content (AvgIpc) is 2.71. The standard InChI is InChI=1S/C11H12FN3O3S/c1-15-11(19(13,16)17)6-9(14-15)7-3-4-10(18-2)8(12)5-7/h3-6H,1-2H3,(H2,13,16,17). The number of primary sulfonamides is 1. The van der Waals surface area contributed by atoms with Crippen molar-refractivity contribution in [2.24, 2.45) is 12.2 Å². The maximum atomic E-state index is 13.6. The number of nitrogens with two attached hydrogens (primary N) is 1. The van der Waals surface area contributed by atoms with Gasteiger partial charge in [0.05, 0.1) is 12.8 Å². The lowest BCUT2D eigenvalue weighted by molar-refractivity contribution is 0.386. The van der Waals surface area contributed by atoms with Crippen molar-refractivity contribution in [3.63, 3.8) is 0 Å². The van der Waals surface area contributed by atoms with Gasteiger partial charge >= 0.3 is 0 Å². The summed E-state index contributed by atoms with van der Waals surface area (Å²) >= 11 is 0. The van der Waals surface area contributed by atoms with Gasteiger partial charge in [0.1, 0.15) is 0 Å². The van der Waals surface area contributed by atoms with Crippen LogP contribution in [0.2, 0.25) is 0 Å². The maximum Gasteiger partial charge on any atom is 0.255 e. The summed E-state index contributed by atoms with van der Waals surface area (Å²) in [5.41, 5.74) is 0.747. The van der Waals surface area contributed by atoms with E-state index in [-0.39, 0.29) is 10.8 Å². The molecule has 6 nitrogen and oxygen atoms in total. The van der Waals surface area contributed by atoms with Crippen LogP contribution in [0, 0.1) is 5.82 Å². The molecular weight excluding hydrogens is 273 g/mol. The van der Waals surface area contributed by atoms with Gasteiger partial charge in [-0.25, -0.2) is 17.9 Å². The summed E-state index contributed by atoms with van der Waals surface area (Å²) in [5.74, 6) is -0.450. The number of ether oxygens (including phenoxy) is 1. The molecule has 0 aliphatic carbocycles.